The Morgan fingerprint density at radius 2 is 2.13 bits per heavy atom. The van der Waals surface area contributed by atoms with Crippen LogP contribution in [0.4, 0.5) is 0 Å². The summed E-state index contributed by atoms with van der Waals surface area (Å²) < 4.78 is 0. The van der Waals surface area contributed by atoms with E-state index in [1.54, 1.807) is 6.08 Å². The highest BCUT2D eigenvalue weighted by atomic mass is 16.1. The summed E-state index contributed by atoms with van der Waals surface area (Å²) in [6.07, 6.45) is 6.89. The van der Waals surface area contributed by atoms with Crippen molar-refractivity contribution in [2.24, 2.45) is 17.3 Å². The molecule has 0 saturated heterocycles. The Kier molecular flexibility index (Phi) is 3.54. The van der Waals surface area contributed by atoms with Gasteiger partial charge >= 0.3 is 0 Å². The van der Waals surface area contributed by atoms with Gasteiger partial charge in [-0.25, -0.2) is 0 Å². The van der Waals surface area contributed by atoms with Gasteiger partial charge in [-0.1, -0.05) is 38.5 Å². The molecule has 15 heavy (non-hydrogen) atoms. The van der Waals surface area contributed by atoms with E-state index in [9.17, 15) is 4.79 Å². The van der Waals surface area contributed by atoms with Crippen LogP contribution in [0, 0.1) is 17.3 Å². The molecule has 0 saturated carbocycles. The number of carbonyl (C=O) groups is 1. The molecule has 0 unspecified atom stereocenters. The fraction of sp³-hybridized carbons (Fsp3) is 0.643. The van der Waals surface area contributed by atoms with Crippen LogP contribution >= 0.6 is 0 Å². The average molecular weight is 206 g/mol. The number of allylic oxidation sites excluding steroid dienone is 4. The maximum Gasteiger partial charge on any atom is 0.162 e. The molecule has 0 spiro atoms. The van der Waals surface area contributed by atoms with Gasteiger partial charge in [-0.2, -0.15) is 0 Å². The zero-order valence-corrected chi connectivity index (χ0v) is 10.5. The Balaban J connectivity index is 3.03. The summed E-state index contributed by atoms with van der Waals surface area (Å²) >= 11 is 0. The van der Waals surface area contributed by atoms with Gasteiger partial charge in [0.1, 0.15) is 0 Å². The number of carbonyl (C=O) groups excluding carboxylic acids is 1. The van der Waals surface area contributed by atoms with Gasteiger partial charge in [0, 0.05) is 5.92 Å². The molecule has 1 heteroatoms. The van der Waals surface area contributed by atoms with Crippen LogP contribution in [0.15, 0.2) is 23.8 Å². The molecule has 2 atom stereocenters. The first kappa shape index (κ1) is 12.2. The van der Waals surface area contributed by atoms with Crippen LogP contribution in [-0.4, -0.2) is 5.78 Å². The van der Waals surface area contributed by atoms with E-state index in [4.69, 9.17) is 0 Å². The first-order valence-corrected chi connectivity index (χ1v) is 5.73. The van der Waals surface area contributed by atoms with Crippen molar-refractivity contribution < 1.29 is 4.79 Å². The van der Waals surface area contributed by atoms with Crippen molar-refractivity contribution in [3.8, 4) is 0 Å². The molecule has 1 nitrogen and oxygen atoms in total. The summed E-state index contributed by atoms with van der Waals surface area (Å²) in [5, 5.41) is 0. The van der Waals surface area contributed by atoms with E-state index < -0.39 is 0 Å². The van der Waals surface area contributed by atoms with Crippen molar-refractivity contribution in [2.45, 2.75) is 41.0 Å². The Hall–Kier alpha value is -0.850. The summed E-state index contributed by atoms with van der Waals surface area (Å²) in [5.74, 6) is 0.919. The van der Waals surface area contributed by atoms with Crippen molar-refractivity contribution in [3.63, 3.8) is 0 Å². The minimum absolute atomic E-state index is 0.0740. The third-order valence-corrected chi connectivity index (χ3v) is 3.25. The molecule has 0 N–H and O–H groups in total. The highest BCUT2D eigenvalue weighted by Crippen LogP contribution is 2.43. The molecule has 84 valence electrons. The van der Waals surface area contributed by atoms with E-state index in [0.717, 1.165) is 6.42 Å². The molecule has 1 rings (SSSR count). The van der Waals surface area contributed by atoms with Crippen molar-refractivity contribution in [2.75, 3.05) is 0 Å². The van der Waals surface area contributed by atoms with Gasteiger partial charge in [0.15, 0.2) is 5.78 Å². The van der Waals surface area contributed by atoms with Crippen LogP contribution < -0.4 is 0 Å². The summed E-state index contributed by atoms with van der Waals surface area (Å²) in [4.78, 5) is 12.0. The predicted molar refractivity (Wildman–Crippen MR) is 64.6 cm³/mol. The smallest absolute Gasteiger partial charge is 0.162 e. The van der Waals surface area contributed by atoms with Crippen molar-refractivity contribution >= 4 is 5.78 Å². The van der Waals surface area contributed by atoms with Gasteiger partial charge in [-0.05, 0) is 37.7 Å². The summed E-state index contributed by atoms with van der Waals surface area (Å²) in [7, 11) is 0. The largest absolute Gasteiger partial charge is 0.294 e. The Morgan fingerprint density at radius 3 is 2.60 bits per heavy atom. The van der Waals surface area contributed by atoms with Gasteiger partial charge in [-0.3, -0.25) is 4.79 Å². The fourth-order valence-electron chi connectivity index (χ4n) is 3.04. The molecule has 0 heterocycles. The predicted octanol–water partition coefficient (Wildman–Crippen LogP) is 3.76. The maximum absolute atomic E-state index is 12.0. The lowest BCUT2D eigenvalue weighted by Crippen LogP contribution is -2.35. The van der Waals surface area contributed by atoms with E-state index in [2.05, 4.69) is 33.8 Å². The lowest BCUT2D eigenvalue weighted by molar-refractivity contribution is -0.120. The molecule has 0 fully saturated rings. The molecule has 0 radical (unpaired) electrons. The summed E-state index contributed by atoms with van der Waals surface area (Å²) in [6.45, 7) is 10.6. The molecule has 0 bridgehead atoms. The van der Waals surface area contributed by atoms with Crippen molar-refractivity contribution in [1.29, 1.82) is 0 Å². The Bertz CT molecular complexity index is 307. The third-order valence-electron chi connectivity index (χ3n) is 3.25. The van der Waals surface area contributed by atoms with E-state index in [0.29, 0.717) is 5.92 Å². The Labute approximate surface area is 93.3 Å². The summed E-state index contributed by atoms with van der Waals surface area (Å²) in [5.41, 5.74) is 1.33. The molecule has 0 aromatic rings. The zero-order valence-electron chi connectivity index (χ0n) is 10.5. The topological polar surface area (TPSA) is 17.1 Å². The standard InChI is InChI=1S/C14H22O/c1-6-7-12(15)13-11(3)8-10(2)9-14(13,4)5/h6-8,10,13H,9H2,1-5H3/t10-,13+/m0/s1. The fourth-order valence-corrected chi connectivity index (χ4v) is 3.04. The number of rotatable bonds is 2. The summed E-state index contributed by atoms with van der Waals surface area (Å²) in [6, 6.07) is 0. The number of hydrogen-bond donors (Lipinski definition) is 0. The van der Waals surface area contributed by atoms with Crippen LogP contribution in [-0.2, 0) is 4.79 Å². The minimum Gasteiger partial charge on any atom is -0.294 e. The highest BCUT2D eigenvalue weighted by Gasteiger charge is 2.38. The lowest BCUT2D eigenvalue weighted by atomic mass is 9.64. The van der Waals surface area contributed by atoms with Gasteiger partial charge in [0.25, 0.3) is 0 Å². The van der Waals surface area contributed by atoms with Crippen LogP contribution in [0.25, 0.3) is 0 Å². The number of ketones is 1. The molecular formula is C14H22O. The first-order valence-electron chi connectivity index (χ1n) is 5.73. The van der Waals surface area contributed by atoms with Gasteiger partial charge in [0.05, 0.1) is 0 Å². The zero-order chi connectivity index (χ0) is 11.6. The molecule has 0 aliphatic heterocycles. The van der Waals surface area contributed by atoms with Gasteiger partial charge < -0.3 is 0 Å². The Morgan fingerprint density at radius 1 is 1.53 bits per heavy atom. The van der Waals surface area contributed by atoms with Crippen LogP contribution in [0.5, 0.6) is 0 Å². The normalized spacial score (nSPS) is 30.3. The average Bonchev–Trinajstić information content (AvgIpc) is 1.99. The van der Waals surface area contributed by atoms with Crippen LogP contribution in [0.2, 0.25) is 0 Å². The van der Waals surface area contributed by atoms with E-state index in [-0.39, 0.29) is 17.1 Å². The monoisotopic (exact) mass is 206 g/mol. The van der Waals surface area contributed by atoms with Gasteiger partial charge in [-0.15, -0.1) is 0 Å². The maximum atomic E-state index is 12.0. The second-order valence-corrected chi connectivity index (χ2v) is 5.42. The quantitative estimate of drug-likeness (QED) is 0.496. The number of hydrogen-bond acceptors (Lipinski definition) is 1. The molecule has 0 aromatic heterocycles. The second-order valence-electron chi connectivity index (χ2n) is 5.42. The van der Waals surface area contributed by atoms with E-state index in [1.807, 2.05) is 13.0 Å². The van der Waals surface area contributed by atoms with Gasteiger partial charge in [0.2, 0.25) is 0 Å². The second kappa shape index (κ2) is 4.34. The third kappa shape index (κ3) is 2.58. The SMILES string of the molecule is CC=CC(=O)[C@H]1C(C)=C[C@H](C)CC1(C)C. The molecule has 1 aliphatic carbocycles. The van der Waals surface area contributed by atoms with Crippen molar-refractivity contribution in [3.05, 3.63) is 23.8 Å². The van der Waals surface area contributed by atoms with E-state index in [1.165, 1.54) is 5.57 Å². The van der Waals surface area contributed by atoms with Crippen molar-refractivity contribution in [1.82, 2.24) is 0 Å². The molecule has 0 aromatic carbocycles. The lowest BCUT2D eigenvalue weighted by Gasteiger charge is -2.39. The van der Waals surface area contributed by atoms with E-state index >= 15 is 0 Å². The molecule has 0 amide bonds. The van der Waals surface area contributed by atoms with Crippen LogP contribution in [0.3, 0.4) is 0 Å². The molecular weight excluding hydrogens is 184 g/mol. The highest BCUT2D eigenvalue weighted by molar-refractivity contribution is 5.94. The molecule has 1 aliphatic rings. The minimum atomic E-state index is 0.0740. The van der Waals surface area contributed by atoms with Crippen LogP contribution in [0.1, 0.15) is 41.0 Å². The first-order chi connectivity index (χ1) is 6.88.